The predicted molar refractivity (Wildman–Crippen MR) is 93.0 cm³/mol. The van der Waals surface area contributed by atoms with Crippen LogP contribution in [-0.4, -0.2) is 38.4 Å². The Morgan fingerprint density at radius 2 is 1.70 bits per heavy atom. The first kappa shape index (κ1) is 16.9. The van der Waals surface area contributed by atoms with E-state index in [4.69, 9.17) is 0 Å². The van der Waals surface area contributed by atoms with Crippen molar-refractivity contribution < 1.29 is 8.42 Å². The van der Waals surface area contributed by atoms with Crippen molar-refractivity contribution in [1.82, 2.24) is 9.62 Å². The molecule has 0 spiro atoms. The van der Waals surface area contributed by atoms with Gasteiger partial charge in [-0.15, -0.1) is 0 Å². The zero-order chi connectivity index (χ0) is 16.4. The molecule has 1 N–H and O–H groups in total. The lowest BCUT2D eigenvalue weighted by molar-refractivity contribution is 0.288. The molecule has 5 heteroatoms. The van der Waals surface area contributed by atoms with Crippen molar-refractivity contribution in [3.05, 3.63) is 29.8 Å². The van der Waals surface area contributed by atoms with Crippen molar-refractivity contribution in [2.24, 2.45) is 5.92 Å². The van der Waals surface area contributed by atoms with Gasteiger partial charge in [0.2, 0.25) is 10.0 Å². The highest BCUT2D eigenvalue weighted by Gasteiger charge is 2.30. The van der Waals surface area contributed by atoms with E-state index in [9.17, 15) is 8.42 Å². The maximum absolute atomic E-state index is 12.8. The Morgan fingerprint density at radius 1 is 1.09 bits per heavy atom. The van der Waals surface area contributed by atoms with Gasteiger partial charge in [-0.05, 0) is 61.8 Å². The van der Waals surface area contributed by atoms with E-state index in [0.717, 1.165) is 25.3 Å². The van der Waals surface area contributed by atoms with Crippen LogP contribution in [0.2, 0.25) is 0 Å². The maximum Gasteiger partial charge on any atom is 0.243 e. The lowest BCUT2D eigenvalue weighted by Crippen LogP contribution is -2.45. The van der Waals surface area contributed by atoms with Crippen LogP contribution in [0.1, 0.15) is 51.0 Å². The van der Waals surface area contributed by atoms with Gasteiger partial charge in [0.15, 0.2) is 0 Å². The standard InChI is InChI=1S/C18H28N2O2S/c1-14(2)16-5-7-18(8-6-16)23(21,22)20-11-9-17(10-12-20)19-13-15-3-4-15/h5-8,14-15,17,19H,3-4,9-13H2,1-2H3. The van der Waals surface area contributed by atoms with Crippen LogP contribution in [0.5, 0.6) is 0 Å². The zero-order valence-electron chi connectivity index (χ0n) is 14.2. The van der Waals surface area contributed by atoms with Crippen molar-refractivity contribution >= 4 is 10.0 Å². The van der Waals surface area contributed by atoms with Crippen molar-refractivity contribution in [3.63, 3.8) is 0 Å². The van der Waals surface area contributed by atoms with E-state index in [1.54, 1.807) is 16.4 Å². The Kier molecular flexibility index (Phi) is 5.09. The molecule has 2 fully saturated rings. The summed E-state index contributed by atoms with van der Waals surface area (Å²) in [6, 6.07) is 7.85. The molecule has 1 aromatic carbocycles. The van der Waals surface area contributed by atoms with Crippen LogP contribution in [0.3, 0.4) is 0 Å². The smallest absolute Gasteiger partial charge is 0.243 e. The first-order valence-electron chi connectivity index (χ1n) is 8.80. The first-order valence-corrected chi connectivity index (χ1v) is 10.2. The Labute approximate surface area is 140 Å². The molecule has 0 radical (unpaired) electrons. The van der Waals surface area contributed by atoms with Crippen LogP contribution < -0.4 is 5.32 Å². The Balaban J connectivity index is 1.59. The Hall–Kier alpha value is -0.910. The fourth-order valence-electron chi connectivity index (χ4n) is 3.13. The van der Waals surface area contributed by atoms with Crippen LogP contribution in [0.25, 0.3) is 0 Å². The van der Waals surface area contributed by atoms with Gasteiger partial charge in [-0.1, -0.05) is 26.0 Å². The van der Waals surface area contributed by atoms with E-state index in [0.29, 0.717) is 29.9 Å². The average Bonchev–Trinajstić information content (AvgIpc) is 3.38. The van der Waals surface area contributed by atoms with Crippen LogP contribution >= 0.6 is 0 Å². The van der Waals surface area contributed by atoms with E-state index in [1.807, 2.05) is 12.1 Å². The van der Waals surface area contributed by atoms with Gasteiger partial charge in [0.25, 0.3) is 0 Å². The number of piperidine rings is 1. The summed E-state index contributed by atoms with van der Waals surface area (Å²) in [4.78, 5) is 0.422. The number of sulfonamides is 1. The van der Waals surface area contributed by atoms with Gasteiger partial charge in [-0.3, -0.25) is 0 Å². The number of rotatable bonds is 6. The minimum absolute atomic E-state index is 0.417. The molecule has 0 amide bonds. The van der Waals surface area contributed by atoms with Gasteiger partial charge in [0, 0.05) is 19.1 Å². The number of benzene rings is 1. The molecule has 128 valence electrons. The van der Waals surface area contributed by atoms with Gasteiger partial charge >= 0.3 is 0 Å². The molecule has 3 rings (SSSR count). The second kappa shape index (κ2) is 6.91. The van der Waals surface area contributed by atoms with E-state index in [1.165, 1.54) is 18.4 Å². The van der Waals surface area contributed by atoms with Crippen LogP contribution in [0.15, 0.2) is 29.2 Å². The lowest BCUT2D eigenvalue weighted by Gasteiger charge is -2.31. The number of nitrogens with zero attached hydrogens (tertiary/aromatic N) is 1. The Bertz CT molecular complexity index is 613. The van der Waals surface area contributed by atoms with Gasteiger partial charge < -0.3 is 5.32 Å². The molecule has 1 saturated carbocycles. The third-order valence-corrected chi connectivity index (χ3v) is 6.94. The topological polar surface area (TPSA) is 49.4 Å². The first-order chi connectivity index (χ1) is 11.0. The molecule has 1 heterocycles. The highest BCUT2D eigenvalue weighted by Crippen LogP contribution is 2.28. The van der Waals surface area contributed by atoms with Crippen molar-refractivity contribution in [2.45, 2.75) is 56.4 Å². The van der Waals surface area contributed by atoms with E-state index < -0.39 is 10.0 Å². The summed E-state index contributed by atoms with van der Waals surface area (Å²) in [5.41, 5.74) is 1.17. The Morgan fingerprint density at radius 3 is 2.22 bits per heavy atom. The molecule has 23 heavy (non-hydrogen) atoms. The van der Waals surface area contributed by atoms with Gasteiger partial charge in [0.05, 0.1) is 4.90 Å². The van der Waals surface area contributed by atoms with Gasteiger partial charge in [-0.25, -0.2) is 8.42 Å². The largest absolute Gasteiger partial charge is 0.314 e. The molecule has 1 saturated heterocycles. The summed E-state index contributed by atoms with van der Waals surface area (Å²) in [5, 5.41) is 3.59. The van der Waals surface area contributed by atoms with E-state index in [2.05, 4.69) is 19.2 Å². The monoisotopic (exact) mass is 336 g/mol. The molecule has 1 aliphatic heterocycles. The van der Waals surface area contributed by atoms with Gasteiger partial charge in [0.1, 0.15) is 0 Å². The molecule has 0 unspecified atom stereocenters. The predicted octanol–water partition coefficient (Wildman–Crippen LogP) is 2.96. The molecule has 1 aromatic rings. The third kappa shape index (κ3) is 4.14. The number of hydrogen-bond donors (Lipinski definition) is 1. The second-order valence-electron chi connectivity index (χ2n) is 7.25. The zero-order valence-corrected chi connectivity index (χ0v) is 15.0. The molecule has 1 aliphatic carbocycles. The fourth-order valence-corrected chi connectivity index (χ4v) is 4.60. The number of nitrogens with one attached hydrogen (secondary N) is 1. The summed E-state index contributed by atoms with van der Waals surface area (Å²) >= 11 is 0. The van der Waals surface area contributed by atoms with Crippen LogP contribution in [0.4, 0.5) is 0 Å². The van der Waals surface area contributed by atoms with E-state index in [-0.39, 0.29) is 0 Å². The molecule has 0 aromatic heterocycles. The molecule has 4 nitrogen and oxygen atoms in total. The fraction of sp³-hybridized carbons (Fsp3) is 0.667. The summed E-state index contributed by atoms with van der Waals surface area (Å²) < 4.78 is 27.2. The highest BCUT2D eigenvalue weighted by atomic mass is 32.2. The summed E-state index contributed by atoms with van der Waals surface area (Å²) in [6.07, 6.45) is 4.53. The van der Waals surface area contributed by atoms with Crippen molar-refractivity contribution in [1.29, 1.82) is 0 Å². The van der Waals surface area contributed by atoms with Crippen LogP contribution in [-0.2, 0) is 10.0 Å². The number of hydrogen-bond acceptors (Lipinski definition) is 3. The minimum atomic E-state index is -3.34. The average molecular weight is 337 g/mol. The molecule has 0 atom stereocenters. The summed E-state index contributed by atoms with van der Waals surface area (Å²) in [7, 11) is -3.34. The lowest BCUT2D eigenvalue weighted by atomic mass is 10.0. The van der Waals surface area contributed by atoms with Crippen LogP contribution in [0, 0.1) is 5.92 Å². The molecular weight excluding hydrogens is 308 g/mol. The van der Waals surface area contributed by atoms with Crippen molar-refractivity contribution in [2.75, 3.05) is 19.6 Å². The van der Waals surface area contributed by atoms with Crippen molar-refractivity contribution in [3.8, 4) is 0 Å². The van der Waals surface area contributed by atoms with E-state index >= 15 is 0 Å². The minimum Gasteiger partial charge on any atom is -0.314 e. The second-order valence-corrected chi connectivity index (χ2v) is 9.19. The quantitative estimate of drug-likeness (QED) is 0.869. The highest BCUT2D eigenvalue weighted by molar-refractivity contribution is 7.89. The SMILES string of the molecule is CC(C)c1ccc(S(=O)(=O)N2CCC(NCC3CC3)CC2)cc1. The molecule has 2 aliphatic rings. The van der Waals surface area contributed by atoms with Gasteiger partial charge in [-0.2, -0.15) is 4.31 Å². The third-order valence-electron chi connectivity index (χ3n) is 5.03. The molecule has 0 bridgehead atoms. The maximum atomic E-state index is 12.8. The normalized spacial score (nSPS) is 21.0. The molecular formula is C18H28N2O2S. The summed E-state index contributed by atoms with van der Waals surface area (Å²) in [6.45, 7) is 6.58. The summed E-state index contributed by atoms with van der Waals surface area (Å²) in [5.74, 6) is 1.29.